The molecule has 0 radical (unpaired) electrons. The second-order valence-corrected chi connectivity index (χ2v) is 4.29. The number of carbonyl (C=O) groups excluding carboxylic acids is 1. The number of hydrogen-bond donors (Lipinski definition) is 1. The summed E-state index contributed by atoms with van der Waals surface area (Å²) in [5.41, 5.74) is 7.67. The van der Waals surface area contributed by atoms with Crippen LogP contribution in [0.4, 0.5) is 5.69 Å². The van der Waals surface area contributed by atoms with E-state index in [4.69, 9.17) is 19.6 Å². The van der Waals surface area contributed by atoms with E-state index in [0.29, 0.717) is 29.4 Å². The van der Waals surface area contributed by atoms with Crippen LogP contribution in [0.15, 0.2) is 34.9 Å². The zero-order valence-corrected chi connectivity index (χ0v) is 11.5. The molecule has 1 aromatic carbocycles. The van der Waals surface area contributed by atoms with Crippen LogP contribution in [0.2, 0.25) is 0 Å². The highest BCUT2D eigenvalue weighted by Gasteiger charge is 2.16. The Balaban J connectivity index is 2.08. The van der Waals surface area contributed by atoms with Crippen LogP contribution in [-0.4, -0.2) is 12.6 Å². The highest BCUT2D eigenvalue weighted by atomic mass is 16.5. The van der Waals surface area contributed by atoms with Gasteiger partial charge in [-0.2, -0.15) is 0 Å². The number of furan rings is 1. The number of hydrogen-bond acceptors (Lipinski definition) is 5. The predicted molar refractivity (Wildman–Crippen MR) is 74.6 cm³/mol. The number of carbonyl (C=O) groups is 1. The highest BCUT2D eigenvalue weighted by Crippen LogP contribution is 2.22. The average Bonchev–Trinajstić information content (AvgIpc) is 2.86. The third-order valence-corrected chi connectivity index (χ3v) is 2.80. The summed E-state index contributed by atoms with van der Waals surface area (Å²) in [7, 11) is 0. The van der Waals surface area contributed by atoms with Gasteiger partial charge in [0.25, 0.3) is 0 Å². The van der Waals surface area contributed by atoms with Crippen LogP contribution in [0, 0.1) is 6.92 Å². The maximum absolute atomic E-state index is 11.7. The summed E-state index contributed by atoms with van der Waals surface area (Å²) in [5.74, 6) is 0.735. The number of anilines is 1. The van der Waals surface area contributed by atoms with Crippen molar-refractivity contribution < 1.29 is 18.7 Å². The maximum atomic E-state index is 11.7. The van der Waals surface area contributed by atoms with Gasteiger partial charge in [-0.15, -0.1) is 0 Å². The second kappa shape index (κ2) is 6.14. The number of rotatable bonds is 5. The molecule has 0 unspecified atom stereocenters. The number of esters is 1. The van der Waals surface area contributed by atoms with Crippen molar-refractivity contribution in [3.63, 3.8) is 0 Å². The first-order valence-corrected chi connectivity index (χ1v) is 6.34. The molecule has 20 heavy (non-hydrogen) atoms. The van der Waals surface area contributed by atoms with Crippen LogP contribution >= 0.6 is 0 Å². The van der Waals surface area contributed by atoms with Crippen LogP contribution in [0.1, 0.15) is 28.6 Å². The largest absolute Gasteiger partial charge is 0.485 e. The lowest BCUT2D eigenvalue weighted by molar-refractivity contribution is 0.0521. The van der Waals surface area contributed by atoms with E-state index >= 15 is 0 Å². The Morgan fingerprint density at radius 3 is 2.85 bits per heavy atom. The molecule has 0 aliphatic rings. The lowest BCUT2D eigenvalue weighted by Gasteiger charge is -2.09. The van der Waals surface area contributed by atoms with E-state index in [1.54, 1.807) is 25.1 Å². The molecule has 2 N–H and O–H groups in total. The quantitative estimate of drug-likeness (QED) is 0.670. The molecule has 0 atom stereocenters. The molecule has 2 rings (SSSR count). The van der Waals surface area contributed by atoms with Gasteiger partial charge in [0.05, 0.1) is 12.9 Å². The smallest absolute Gasteiger partial charge is 0.341 e. The minimum absolute atomic E-state index is 0.159. The lowest BCUT2D eigenvalue weighted by Crippen LogP contribution is -2.08. The van der Waals surface area contributed by atoms with Gasteiger partial charge in [0.1, 0.15) is 17.9 Å². The molecular formula is C15H17NO4. The van der Waals surface area contributed by atoms with Crippen molar-refractivity contribution in [2.24, 2.45) is 0 Å². The molecule has 5 nitrogen and oxygen atoms in total. The number of ether oxygens (including phenoxy) is 2. The molecule has 1 aromatic heterocycles. The summed E-state index contributed by atoms with van der Waals surface area (Å²) in [6.07, 6.45) is 1.45. The van der Waals surface area contributed by atoms with Crippen LogP contribution in [0.3, 0.4) is 0 Å². The molecule has 2 aromatic rings. The third-order valence-electron chi connectivity index (χ3n) is 2.80. The van der Waals surface area contributed by atoms with Crippen LogP contribution in [-0.2, 0) is 11.3 Å². The van der Waals surface area contributed by atoms with E-state index < -0.39 is 5.97 Å². The summed E-state index contributed by atoms with van der Waals surface area (Å²) < 4.78 is 15.9. The summed E-state index contributed by atoms with van der Waals surface area (Å²) in [6, 6.07) is 6.95. The van der Waals surface area contributed by atoms with Gasteiger partial charge in [0, 0.05) is 5.69 Å². The summed E-state index contributed by atoms with van der Waals surface area (Å²) >= 11 is 0. The van der Waals surface area contributed by atoms with E-state index in [9.17, 15) is 4.79 Å². The molecule has 1 heterocycles. The van der Waals surface area contributed by atoms with Crippen LogP contribution < -0.4 is 10.5 Å². The highest BCUT2D eigenvalue weighted by molar-refractivity contribution is 5.90. The van der Waals surface area contributed by atoms with E-state index in [1.165, 1.54) is 6.26 Å². The Labute approximate surface area is 117 Å². The average molecular weight is 275 g/mol. The van der Waals surface area contributed by atoms with Gasteiger partial charge in [-0.25, -0.2) is 4.79 Å². The molecule has 0 saturated carbocycles. The number of aryl methyl sites for hydroxylation is 1. The second-order valence-electron chi connectivity index (χ2n) is 4.29. The zero-order chi connectivity index (χ0) is 14.5. The van der Waals surface area contributed by atoms with Crippen LogP contribution in [0.5, 0.6) is 5.75 Å². The van der Waals surface area contributed by atoms with Crippen molar-refractivity contribution >= 4 is 11.7 Å². The first kappa shape index (κ1) is 14.0. The van der Waals surface area contributed by atoms with E-state index in [-0.39, 0.29) is 6.61 Å². The molecule has 0 saturated heterocycles. The molecule has 0 bridgehead atoms. The van der Waals surface area contributed by atoms with Crippen molar-refractivity contribution in [3.05, 3.63) is 47.4 Å². The Hall–Kier alpha value is -2.43. The number of nitrogens with two attached hydrogens (primary N) is 1. The molecule has 0 fully saturated rings. The van der Waals surface area contributed by atoms with Gasteiger partial charge in [-0.1, -0.05) is 0 Å². The van der Waals surface area contributed by atoms with Crippen LogP contribution in [0.25, 0.3) is 0 Å². The maximum Gasteiger partial charge on any atom is 0.341 e. The first-order valence-electron chi connectivity index (χ1n) is 6.34. The minimum Gasteiger partial charge on any atom is -0.485 e. The summed E-state index contributed by atoms with van der Waals surface area (Å²) in [5, 5.41) is 0. The van der Waals surface area contributed by atoms with Crippen molar-refractivity contribution in [2.45, 2.75) is 20.5 Å². The molecule has 0 aliphatic carbocycles. The topological polar surface area (TPSA) is 74.7 Å². The normalized spacial score (nSPS) is 10.3. The predicted octanol–water partition coefficient (Wildman–Crippen LogP) is 2.93. The van der Waals surface area contributed by atoms with Gasteiger partial charge in [-0.05, 0) is 43.7 Å². The molecule has 0 aliphatic heterocycles. The fraction of sp³-hybridized carbons (Fsp3) is 0.267. The van der Waals surface area contributed by atoms with Gasteiger partial charge in [0.2, 0.25) is 0 Å². The minimum atomic E-state index is -0.408. The Bertz CT molecular complexity index is 604. The molecule has 106 valence electrons. The molecular weight excluding hydrogens is 258 g/mol. The van der Waals surface area contributed by atoms with Crippen molar-refractivity contribution in [3.8, 4) is 5.75 Å². The SMILES string of the molecule is CCOC(=O)c1ccoc1COc1ccc(N)cc1C. The fourth-order valence-electron chi connectivity index (χ4n) is 1.82. The third kappa shape index (κ3) is 3.12. The van der Waals surface area contributed by atoms with E-state index in [1.807, 2.05) is 13.0 Å². The fourth-order valence-corrected chi connectivity index (χ4v) is 1.82. The summed E-state index contributed by atoms with van der Waals surface area (Å²) in [4.78, 5) is 11.7. The Morgan fingerprint density at radius 1 is 1.35 bits per heavy atom. The van der Waals surface area contributed by atoms with E-state index in [0.717, 1.165) is 5.56 Å². The summed E-state index contributed by atoms with van der Waals surface area (Å²) in [6.45, 7) is 4.14. The molecule has 5 heteroatoms. The van der Waals surface area contributed by atoms with Crippen molar-refractivity contribution in [2.75, 3.05) is 12.3 Å². The Kier molecular flexibility index (Phi) is 4.30. The zero-order valence-electron chi connectivity index (χ0n) is 11.5. The number of nitrogen functional groups attached to an aromatic ring is 1. The molecule has 0 spiro atoms. The van der Waals surface area contributed by atoms with E-state index in [2.05, 4.69) is 0 Å². The first-order chi connectivity index (χ1) is 9.61. The van der Waals surface area contributed by atoms with Crippen molar-refractivity contribution in [1.29, 1.82) is 0 Å². The lowest BCUT2D eigenvalue weighted by atomic mass is 10.2. The standard InChI is InChI=1S/C15H17NO4/c1-3-18-15(17)12-6-7-19-14(12)9-20-13-5-4-11(16)8-10(13)2/h4-8H,3,9,16H2,1-2H3. The van der Waals surface area contributed by atoms with Crippen molar-refractivity contribution in [1.82, 2.24) is 0 Å². The van der Waals surface area contributed by atoms with Gasteiger partial charge < -0.3 is 19.6 Å². The monoisotopic (exact) mass is 275 g/mol. The number of benzene rings is 1. The van der Waals surface area contributed by atoms with Gasteiger partial charge in [0.15, 0.2) is 5.76 Å². The van der Waals surface area contributed by atoms with Gasteiger partial charge in [-0.3, -0.25) is 0 Å². The Morgan fingerprint density at radius 2 is 2.15 bits per heavy atom. The van der Waals surface area contributed by atoms with Gasteiger partial charge >= 0.3 is 5.97 Å². The molecule has 0 amide bonds.